The van der Waals surface area contributed by atoms with Crippen molar-refractivity contribution in [2.45, 2.75) is 31.8 Å². The summed E-state index contributed by atoms with van der Waals surface area (Å²) in [5.41, 5.74) is 1.03. The lowest BCUT2D eigenvalue weighted by atomic mass is 10.1. The summed E-state index contributed by atoms with van der Waals surface area (Å²) in [5, 5.41) is 6.26. The molecule has 1 saturated carbocycles. The summed E-state index contributed by atoms with van der Waals surface area (Å²) in [5.74, 6) is 1.65. The number of para-hydroxylation sites is 1. The van der Waals surface area contributed by atoms with Crippen LogP contribution >= 0.6 is 12.4 Å². The Labute approximate surface area is 143 Å². The molecule has 1 aliphatic heterocycles. The second kappa shape index (κ2) is 9.11. The maximum atomic E-state index is 12.0. The fourth-order valence-corrected chi connectivity index (χ4v) is 2.52. The normalized spacial score (nSPS) is 20.4. The molecule has 0 radical (unpaired) electrons. The summed E-state index contributed by atoms with van der Waals surface area (Å²) < 4.78 is 11.2. The quantitative estimate of drug-likeness (QED) is 0.796. The van der Waals surface area contributed by atoms with E-state index in [1.807, 2.05) is 24.3 Å². The summed E-state index contributed by atoms with van der Waals surface area (Å²) in [6.45, 7) is 3.44. The summed E-state index contributed by atoms with van der Waals surface area (Å²) >= 11 is 0. The standard InChI is InChI=1S/C17H24N2O3.ClH/c20-17(9-15-12-21-8-7-18-15)19-10-14-3-1-2-4-16(14)22-11-13-5-6-13;/h1-4,13,15,18H,5-12H2,(H,19,20);1H. The molecule has 5 nitrogen and oxygen atoms in total. The van der Waals surface area contributed by atoms with Crippen LogP contribution in [0.1, 0.15) is 24.8 Å². The number of hydrogen-bond donors (Lipinski definition) is 2. The molecule has 1 aromatic carbocycles. The summed E-state index contributed by atoms with van der Waals surface area (Å²) in [4.78, 5) is 12.0. The second-order valence-corrected chi connectivity index (χ2v) is 6.07. The molecule has 3 rings (SSSR count). The summed E-state index contributed by atoms with van der Waals surface area (Å²) in [7, 11) is 0. The largest absolute Gasteiger partial charge is 0.493 e. The Morgan fingerprint density at radius 3 is 2.91 bits per heavy atom. The van der Waals surface area contributed by atoms with Gasteiger partial charge in [0.2, 0.25) is 5.91 Å². The molecule has 6 heteroatoms. The van der Waals surface area contributed by atoms with Crippen LogP contribution in [0.15, 0.2) is 24.3 Å². The molecule has 1 saturated heterocycles. The first-order valence-electron chi connectivity index (χ1n) is 8.10. The highest BCUT2D eigenvalue weighted by molar-refractivity contribution is 5.85. The van der Waals surface area contributed by atoms with E-state index >= 15 is 0 Å². The van der Waals surface area contributed by atoms with Crippen LogP contribution in [0.4, 0.5) is 0 Å². The number of halogens is 1. The third kappa shape index (κ3) is 6.01. The minimum atomic E-state index is 0. The minimum Gasteiger partial charge on any atom is -0.493 e. The van der Waals surface area contributed by atoms with Gasteiger partial charge in [0.05, 0.1) is 19.8 Å². The van der Waals surface area contributed by atoms with Gasteiger partial charge in [0.25, 0.3) is 0 Å². The number of rotatable bonds is 7. The Bertz CT molecular complexity index is 502. The topological polar surface area (TPSA) is 59.6 Å². The highest BCUT2D eigenvalue weighted by Gasteiger charge is 2.22. The van der Waals surface area contributed by atoms with Gasteiger partial charge < -0.3 is 20.1 Å². The van der Waals surface area contributed by atoms with Gasteiger partial charge in [-0.1, -0.05) is 18.2 Å². The van der Waals surface area contributed by atoms with Crippen molar-refractivity contribution in [2.75, 3.05) is 26.4 Å². The van der Waals surface area contributed by atoms with E-state index in [-0.39, 0.29) is 24.4 Å². The predicted molar refractivity (Wildman–Crippen MR) is 91.0 cm³/mol. The monoisotopic (exact) mass is 340 g/mol. The van der Waals surface area contributed by atoms with E-state index in [1.54, 1.807) is 0 Å². The van der Waals surface area contributed by atoms with Crippen LogP contribution in [0.25, 0.3) is 0 Å². The number of carbonyl (C=O) groups is 1. The highest BCUT2D eigenvalue weighted by atomic mass is 35.5. The van der Waals surface area contributed by atoms with Gasteiger partial charge in [-0.15, -0.1) is 12.4 Å². The zero-order valence-corrected chi connectivity index (χ0v) is 14.1. The molecule has 2 aliphatic rings. The molecule has 1 atom stereocenters. The van der Waals surface area contributed by atoms with Crippen LogP contribution < -0.4 is 15.4 Å². The Morgan fingerprint density at radius 1 is 1.35 bits per heavy atom. The van der Waals surface area contributed by atoms with Crippen LogP contribution in [-0.2, 0) is 16.1 Å². The molecule has 1 aromatic rings. The Balaban J connectivity index is 0.00000192. The SMILES string of the molecule is Cl.O=C(CC1COCCN1)NCc1ccccc1OCC1CC1. The van der Waals surface area contributed by atoms with Crippen molar-refractivity contribution in [3.63, 3.8) is 0 Å². The number of benzene rings is 1. The van der Waals surface area contributed by atoms with E-state index in [1.165, 1.54) is 12.8 Å². The van der Waals surface area contributed by atoms with E-state index < -0.39 is 0 Å². The van der Waals surface area contributed by atoms with Gasteiger partial charge in [0, 0.05) is 31.1 Å². The van der Waals surface area contributed by atoms with Gasteiger partial charge in [-0.2, -0.15) is 0 Å². The second-order valence-electron chi connectivity index (χ2n) is 6.07. The van der Waals surface area contributed by atoms with E-state index in [0.717, 1.165) is 37.0 Å². The molecular weight excluding hydrogens is 316 g/mol. The number of amides is 1. The fraction of sp³-hybridized carbons (Fsp3) is 0.588. The molecule has 2 N–H and O–H groups in total. The van der Waals surface area contributed by atoms with E-state index in [0.29, 0.717) is 19.6 Å². The zero-order chi connectivity index (χ0) is 15.2. The third-order valence-electron chi connectivity index (χ3n) is 4.05. The first-order valence-corrected chi connectivity index (χ1v) is 8.10. The first kappa shape index (κ1) is 18.0. The number of ether oxygens (including phenoxy) is 2. The molecule has 23 heavy (non-hydrogen) atoms. The lowest BCUT2D eigenvalue weighted by Crippen LogP contribution is -2.44. The third-order valence-corrected chi connectivity index (χ3v) is 4.05. The number of nitrogens with one attached hydrogen (secondary N) is 2. The van der Waals surface area contributed by atoms with Crippen molar-refractivity contribution in [1.29, 1.82) is 0 Å². The average Bonchev–Trinajstić information content (AvgIpc) is 3.37. The van der Waals surface area contributed by atoms with Crippen molar-refractivity contribution in [2.24, 2.45) is 5.92 Å². The van der Waals surface area contributed by atoms with Crippen molar-refractivity contribution in [3.8, 4) is 5.75 Å². The van der Waals surface area contributed by atoms with Crippen molar-refractivity contribution in [3.05, 3.63) is 29.8 Å². The van der Waals surface area contributed by atoms with Gasteiger partial charge >= 0.3 is 0 Å². The van der Waals surface area contributed by atoms with Crippen LogP contribution in [0.3, 0.4) is 0 Å². The molecule has 1 amide bonds. The van der Waals surface area contributed by atoms with Gasteiger partial charge in [0.1, 0.15) is 5.75 Å². The van der Waals surface area contributed by atoms with Crippen LogP contribution in [0, 0.1) is 5.92 Å². The fourth-order valence-electron chi connectivity index (χ4n) is 2.52. The van der Waals surface area contributed by atoms with Crippen LogP contribution in [-0.4, -0.2) is 38.3 Å². The molecule has 0 bridgehead atoms. The lowest BCUT2D eigenvalue weighted by molar-refractivity contribution is -0.122. The van der Waals surface area contributed by atoms with E-state index in [9.17, 15) is 4.79 Å². The molecule has 1 heterocycles. The molecule has 0 spiro atoms. The van der Waals surface area contributed by atoms with Gasteiger partial charge in [-0.05, 0) is 24.8 Å². The van der Waals surface area contributed by atoms with Crippen molar-refractivity contribution < 1.29 is 14.3 Å². The Kier molecular flexibility index (Phi) is 7.15. The number of carbonyl (C=O) groups excluding carboxylic acids is 1. The molecule has 2 fully saturated rings. The minimum absolute atomic E-state index is 0. The van der Waals surface area contributed by atoms with Gasteiger partial charge in [0.15, 0.2) is 0 Å². The Morgan fingerprint density at radius 2 is 2.17 bits per heavy atom. The molecule has 1 unspecified atom stereocenters. The number of morpholine rings is 1. The van der Waals surface area contributed by atoms with Crippen LogP contribution in [0.2, 0.25) is 0 Å². The molecular formula is C17H25ClN2O3. The molecule has 1 aliphatic carbocycles. The van der Waals surface area contributed by atoms with Crippen molar-refractivity contribution in [1.82, 2.24) is 10.6 Å². The van der Waals surface area contributed by atoms with E-state index in [2.05, 4.69) is 10.6 Å². The zero-order valence-electron chi connectivity index (χ0n) is 13.3. The van der Waals surface area contributed by atoms with E-state index in [4.69, 9.17) is 9.47 Å². The maximum Gasteiger partial charge on any atom is 0.221 e. The molecule has 128 valence electrons. The van der Waals surface area contributed by atoms with Gasteiger partial charge in [-0.25, -0.2) is 0 Å². The summed E-state index contributed by atoms with van der Waals surface area (Å²) in [6, 6.07) is 8.04. The predicted octanol–water partition coefficient (Wildman–Crippen LogP) is 1.89. The average molecular weight is 341 g/mol. The van der Waals surface area contributed by atoms with Crippen molar-refractivity contribution >= 4 is 18.3 Å². The maximum absolute atomic E-state index is 12.0. The van der Waals surface area contributed by atoms with Crippen LogP contribution in [0.5, 0.6) is 5.75 Å². The summed E-state index contributed by atoms with van der Waals surface area (Å²) in [6.07, 6.45) is 3.00. The highest BCUT2D eigenvalue weighted by Crippen LogP contribution is 2.30. The number of hydrogen-bond acceptors (Lipinski definition) is 4. The smallest absolute Gasteiger partial charge is 0.221 e. The lowest BCUT2D eigenvalue weighted by Gasteiger charge is -2.23. The first-order chi connectivity index (χ1) is 10.8. The Hall–Kier alpha value is -1.30. The van der Waals surface area contributed by atoms with Gasteiger partial charge in [-0.3, -0.25) is 4.79 Å². The molecule has 0 aromatic heterocycles.